The number of β-lactam (4-membered cyclic amide) rings is 1. The fourth-order valence-electron chi connectivity index (χ4n) is 3.10. The number of rotatable bonds is 12. The van der Waals surface area contributed by atoms with E-state index in [0.717, 1.165) is 4.90 Å². The summed E-state index contributed by atoms with van der Waals surface area (Å²) in [6, 6.07) is -1.05. The van der Waals surface area contributed by atoms with Gasteiger partial charge in [-0.15, -0.1) is 23.4 Å². The maximum atomic E-state index is 12.9. The van der Waals surface area contributed by atoms with Crippen LogP contribution in [-0.2, 0) is 43.0 Å². The number of halogens is 1. The molecule has 35 heavy (non-hydrogen) atoms. The summed E-state index contributed by atoms with van der Waals surface area (Å²) in [5, 5.41) is 5.26. The molecule has 0 aromatic rings. The Morgan fingerprint density at radius 1 is 1.23 bits per heavy atom. The number of nitrogens with zero attached hydrogens (tertiary/aromatic N) is 2. The number of hydrogen-bond donors (Lipinski definition) is 1. The molecule has 2 unspecified atom stereocenters. The number of ether oxygens (including phenoxy) is 4. The molecule has 2 heterocycles. The maximum Gasteiger partial charge on any atom is 0.511 e. The van der Waals surface area contributed by atoms with Crippen molar-refractivity contribution < 1.29 is 47.8 Å². The monoisotopic (exact) mass is 535 g/mol. The first-order chi connectivity index (χ1) is 16.7. The number of esters is 1. The van der Waals surface area contributed by atoms with Crippen LogP contribution in [0.3, 0.4) is 0 Å². The van der Waals surface area contributed by atoms with Crippen LogP contribution in [0.15, 0.2) is 16.4 Å². The minimum absolute atomic E-state index is 0.0352. The van der Waals surface area contributed by atoms with E-state index in [-0.39, 0.29) is 31.3 Å². The highest BCUT2D eigenvalue weighted by molar-refractivity contribution is 8.00. The second-order valence-corrected chi connectivity index (χ2v) is 8.31. The molecule has 194 valence electrons. The first-order valence-electron chi connectivity index (χ1n) is 10.5. The highest BCUT2D eigenvalue weighted by Crippen LogP contribution is 2.40. The van der Waals surface area contributed by atoms with Crippen molar-refractivity contribution in [3.8, 4) is 0 Å². The molecule has 3 atom stereocenters. The molecule has 2 rings (SSSR count). The largest absolute Gasteiger partial charge is 0.511 e. The lowest BCUT2D eigenvalue weighted by Gasteiger charge is -2.49. The van der Waals surface area contributed by atoms with Crippen LogP contribution in [-0.4, -0.2) is 96.6 Å². The minimum atomic E-state index is -1.29. The highest BCUT2D eigenvalue weighted by Gasteiger charge is 2.55. The van der Waals surface area contributed by atoms with Crippen molar-refractivity contribution in [2.75, 3.05) is 38.6 Å². The van der Waals surface area contributed by atoms with Crippen molar-refractivity contribution in [2.45, 2.75) is 38.5 Å². The van der Waals surface area contributed by atoms with E-state index < -0.39 is 59.0 Å². The van der Waals surface area contributed by atoms with Crippen molar-refractivity contribution in [3.05, 3.63) is 11.3 Å². The van der Waals surface area contributed by atoms with Gasteiger partial charge in [0.1, 0.15) is 23.7 Å². The van der Waals surface area contributed by atoms with Crippen LogP contribution in [0, 0.1) is 0 Å². The van der Waals surface area contributed by atoms with E-state index >= 15 is 0 Å². The summed E-state index contributed by atoms with van der Waals surface area (Å²) < 4.78 is 19.8. The molecule has 2 amide bonds. The van der Waals surface area contributed by atoms with Gasteiger partial charge in [-0.1, -0.05) is 5.16 Å². The van der Waals surface area contributed by atoms with Gasteiger partial charge < -0.3 is 29.1 Å². The Morgan fingerprint density at radius 2 is 1.94 bits per heavy atom. The van der Waals surface area contributed by atoms with Crippen molar-refractivity contribution in [3.63, 3.8) is 0 Å². The fourth-order valence-corrected chi connectivity index (χ4v) is 4.55. The number of thioether (sulfide) groups is 1. The number of alkyl halides is 1. The van der Waals surface area contributed by atoms with Gasteiger partial charge in [-0.25, -0.2) is 9.59 Å². The predicted molar refractivity (Wildman–Crippen MR) is 122 cm³/mol. The SMILES string of the molecule is CCON=C(C(=O)CCl)C(=O)NC1C(=O)N2C(C(=O)OC(C)OC(=O)OCC)=C(COC)CS[C@H]12. The molecule has 1 saturated heterocycles. The minimum Gasteiger partial charge on any atom is -0.435 e. The van der Waals surface area contributed by atoms with Crippen LogP contribution in [0.2, 0.25) is 0 Å². The van der Waals surface area contributed by atoms with E-state index in [0.29, 0.717) is 5.57 Å². The summed E-state index contributed by atoms with van der Waals surface area (Å²) in [5.74, 6) is -3.48. The summed E-state index contributed by atoms with van der Waals surface area (Å²) in [6.07, 6.45) is -2.31. The molecule has 0 radical (unpaired) electrons. The van der Waals surface area contributed by atoms with Gasteiger partial charge in [-0.2, -0.15) is 0 Å². The number of carbonyl (C=O) groups is 5. The Bertz CT molecular complexity index is 925. The second kappa shape index (κ2) is 13.3. The third-order valence-electron chi connectivity index (χ3n) is 4.53. The zero-order valence-electron chi connectivity index (χ0n) is 19.5. The van der Waals surface area contributed by atoms with Gasteiger partial charge in [0.25, 0.3) is 11.8 Å². The van der Waals surface area contributed by atoms with Gasteiger partial charge in [0.2, 0.25) is 17.8 Å². The third kappa shape index (κ3) is 6.86. The van der Waals surface area contributed by atoms with Gasteiger partial charge in [0.05, 0.1) is 19.1 Å². The highest BCUT2D eigenvalue weighted by atomic mass is 35.5. The number of fused-ring (bicyclic) bond motifs is 1. The van der Waals surface area contributed by atoms with E-state index in [9.17, 15) is 24.0 Å². The molecule has 2 aliphatic heterocycles. The van der Waals surface area contributed by atoms with Gasteiger partial charge in [0.15, 0.2) is 0 Å². The summed E-state index contributed by atoms with van der Waals surface area (Å²) in [4.78, 5) is 67.8. The molecule has 0 aromatic carbocycles. The Kier molecular flexibility index (Phi) is 10.8. The standard InChI is InChI=1S/C20H26ClN3O10S/c1-5-31-20(29)34-10(3)33-19(28)15-11(8-30-4)9-35-18-14(17(27)24(15)18)22-16(26)13(12(25)7-21)23-32-6-2/h10,14,18H,5-9H2,1-4H3,(H,22,26)/t10?,14?,18-/m1/s1. The van der Waals surface area contributed by atoms with Gasteiger partial charge >= 0.3 is 12.1 Å². The van der Waals surface area contributed by atoms with Crippen molar-refractivity contribution in [1.82, 2.24) is 10.2 Å². The van der Waals surface area contributed by atoms with E-state index in [1.807, 2.05) is 0 Å². The number of carbonyl (C=O) groups excluding carboxylic acids is 5. The third-order valence-corrected chi connectivity index (χ3v) is 6.11. The van der Waals surface area contributed by atoms with Crippen LogP contribution in [0.5, 0.6) is 0 Å². The Balaban J connectivity index is 2.18. The average Bonchev–Trinajstić information content (AvgIpc) is 2.82. The average molecular weight is 536 g/mol. The first kappa shape index (κ1) is 28.4. The van der Waals surface area contributed by atoms with Gasteiger partial charge in [0, 0.05) is 19.8 Å². The molecular formula is C20H26ClN3O10S. The predicted octanol–water partition coefficient (Wildman–Crippen LogP) is 0.550. The van der Waals surface area contributed by atoms with Gasteiger partial charge in [-0.05, 0) is 19.4 Å². The number of hydrogen-bond acceptors (Lipinski definition) is 12. The lowest BCUT2D eigenvalue weighted by atomic mass is 10.0. The first-order valence-corrected chi connectivity index (χ1v) is 12.1. The molecule has 13 nitrogen and oxygen atoms in total. The van der Waals surface area contributed by atoms with E-state index in [1.165, 1.54) is 25.8 Å². The number of methoxy groups -OCH3 is 1. The smallest absolute Gasteiger partial charge is 0.435 e. The van der Waals surface area contributed by atoms with Crippen LogP contribution in [0.4, 0.5) is 4.79 Å². The fraction of sp³-hybridized carbons (Fsp3) is 0.600. The number of nitrogens with one attached hydrogen (secondary N) is 1. The lowest BCUT2D eigenvalue weighted by molar-refractivity contribution is -0.169. The number of Topliss-reactive ketones (excluding diaryl/α,β-unsaturated/α-hetero) is 1. The molecule has 2 aliphatic rings. The molecule has 0 saturated carbocycles. The van der Waals surface area contributed by atoms with Crippen LogP contribution in [0.25, 0.3) is 0 Å². The van der Waals surface area contributed by atoms with Gasteiger partial charge in [-0.3, -0.25) is 19.3 Å². The molecular weight excluding hydrogens is 510 g/mol. The van der Waals surface area contributed by atoms with Crippen molar-refractivity contribution >= 4 is 58.8 Å². The number of oxime groups is 1. The van der Waals surface area contributed by atoms with Crippen molar-refractivity contribution in [1.29, 1.82) is 0 Å². The second-order valence-electron chi connectivity index (χ2n) is 6.93. The van der Waals surface area contributed by atoms with Crippen molar-refractivity contribution in [2.24, 2.45) is 5.16 Å². The summed E-state index contributed by atoms with van der Waals surface area (Å²) in [7, 11) is 1.42. The summed E-state index contributed by atoms with van der Waals surface area (Å²) in [5.41, 5.74) is -0.185. The summed E-state index contributed by atoms with van der Waals surface area (Å²) in [6.45, 7) is 4.73. The number of ketones is 1. The Morgan fingerprint density at radius 3 is 2.54 bits per heavy atom. The molecule has 0 aromatic heterocycles. The van der Waals surface area contributed by atoms with Crippen LogP contribution in [0.1, 0.15) is 20.8 Å². The lowest BCUT2D eigenvalue weighted by Crippen LogP contribution is -2.71. The summed E-state index contributed by atoms with van der Waals surface area (Å²) >= 11 is 6.80. The van der Waals surface area contributed by atoms with E-state index in [1.54, 1.807) is 13.8 Å². The molecule has 1 fully saturated rings. The topological polar surface area (TPSA) is 159 Å². The molecule has 0 aliphatic carbocycles. The zero-order chi connectivity index (χ0) is 26.1. The van der Waals surface area contributed by atoms with Crippen LogP contribution >= 0.6 is 23.4 Å². The van der Waals surface area contributed by atoms with E-state index in [2.05, 4.69) is 15.2 Å². The molecule has 0 spiro atoms. The molecule has 1 N–H and O–H groups in total. The normalized spacial score (nSPS) is 20.3. The number of amides is 2. The molecule has 15 heteroatoms. The Hall–Kier alpha value is -2.84. The maximum absolute atomic E-state index is 12.9. The quantitative estimate of drug-likeness (QED) is 0.0707. The molecule has 0 bridgehead atoms. The Labute approximate surface area is 210 Å². The van der Waals surface area contributed by atoms with E-state index in [4.69, 9.17) is 30.6 Å². The zero-order valence-corrected chi connectivity index (χ0v) is 21.1. The van der Waals surface area contributed by atoms with Crippen LogP contribution < -0.4 is 5.32 Å².